The maximum atomic E-state index is 12.6. The third-order valence-corrected chi connectivity index (χ3v) is 2.73. The minimum absolute atomic E-state index is 0.128. The molecule has 0 aromatic heterocycles. The first-order chi connectivity index (χ1) is 7.99. The van der Waals surface area contributed by atoms with Crippen molar-refractivity contribution >= 4 is 6.03 Å². The van der Waals surface area contributed by atoms with Gasteiger partial charge in [0.05, 0.1) is 0 Å². The Morgan fingerprint density at radius 2 is 1.82 bits per heavy atom. The third kappa shape index (κ3) is 4.85. The maximum absolute atomic E-state index is 12.6. The standard InChI is InChI=1S/C13H19FN2O/c1-9(2)10(3)16-13(17)15-8-11-4-6-12(14)7-5-11/h4-7,9-10H,8H2,1-3H3,(H2,15,16,17). The maximum Gasteiger partial charge on any atom is 0.315 e. The van der Waals surface area contributed by atoms with Crippen LogP contribution in [0.2, 0.25) is 0 Å². The summed E-state index contributed by atoms with van der Waals surface area (Å²) in [5.74, 6) is 0.123. The lowest BCUT2D eigenvalue weighted by atomic mass is 10.1. The third-order valence-electron chi connectivity index (χ3n) is 2.73. The van der Waals surface area contributed by atoms with Crippen LogP contribution >= 0.6 is 0 Å². The molecule has 0 aliphatic heterocycles. The lowest BCUT2D eigenvalue weighted by Crippen LogP contribution is -2.42. The minimum Gasteiger partial charge on any atom is -0.335 e. The van der Waals surface area contributed by atoms with Crippen LogP contribution in [0.25, 0.3) is 0 Å². The molecule has 0 aliphatic rings. The van der Waals surface area contributed by atoms with E-state index in [1.54, 1.807) is 12.1 Å². The Kier molecular flexibility index (Phi) is 4.94. The van der Waals surface area contributed by atoms with E-state index in [2.05, 4.69) is 10.6 Å². The summed E-state index contributed by atoms with van der Waals surface area (Å²) in [5.41, 5.74) is 0.874. The lowest BCUT2D eigenvalue weighted by Gasteiger charge is -2.17. The van der Waals surface area contributed by atoms with Crippen molar-refractivity contribution in [3.8, 4) is 0 Å². The first kappa shape index (κ1) is 13.5. The summed E-state index contributed by atoms with van der Waals surface area (Å²) in [6.07, 6.45) is 0. The summed E-state index contributed by atoms with van der Waals surface area (Å²) in [5, 5.41) is 5.57. The van der Waals surface area contributed by atoms with Crippen LogP contribution in [0.1, 0.15) is 26.3 Å². The fourth-order valence-electron chi connectivity index (χ4n) is 1.21. The fourth-order valence-corrected chi connectivity index (χ4v) is 1.21. The van der Waals surface area contributed by atoms with Crippen molar-refractivity contribution < 1.29 is 9.18 Å². The number of urea groups is 1. The van der Waals surface area contributed by atoms with E-state index < -0.39 is 0 Å². The topological polar surface area (TPSA) is 41.1 Å². The van der Waals surface area contributed by atoms with Crippen molar-refractivity contribution in [1.82, 2.24) is 10.6 Å². The van der Waals surface area contributed by atoms with Gasteiger partial charge in [-0.25, -0.2) is 9.18 Å². The predicted octanol–water partition coefficient (Wildman–Crippen LogP) is 2.67. The molecule has 0 saturated heterocycles. The van der Waals surface area contributed by atoms with Gasteiger partial charge in [-0.2, -0.15) is 0 Å². The van der Waals surface area contributed by atoms with Gasteiger partial charge in [0.15, 0.2) is 0 Å². The van der Waals surface area contributed by atoms with Gasteiger partial charge in [-0.05, 0) is 30.5 Å². The molecule has 0 fully saturated rings. The van der Waals surface area contributed by atoms with Gasteiger partial charge in [-0.15, -0.1) is 0 Å². The van der Waals surface area contributed by atoms with Crippen LogP contribution in [-0.2, 0) is 6.54 Å². The van der Waals surface area contributed by atoms with E-state index in [0.29, 0.717) is 12.5 Å². The van der Waals surface area contributed by atoms with Gasteiger partial charge < -0.3 is 10.6 Å². The van der Waals surface area contributed by atoms with Crippen LogP contribution in [0, 0.1) is 11.7 Å². The average Bonchev–Trinajstić information content (AvgIpc) is 2.28. The normalized spacial score (nSPS) is 12.3. The molecule has 4 heteroatoms. The molecule has 1 atom stereocenters. The average molecular weight is 238 g/mol. The molecule has 1 rings (SSSR count). The van der Waals surface area contributed by atoms with Crippen molar-refractivity contribution in [3.05, 3.63) is 35.6 Å². The van der Waals surface area contributed by atoms with E-state index in [1.807, 2.05) is 20.8 Å². The first-order valence-corrected chi connectivity index (χ1v) is 5.78. The number of halogens is 1. The zero-order valence-corrected chi connectivity index (χ0v) is 10.5. The Labute approximate surface area is 101 Å². The molecule has 17 heavy (non-hydrogen) atoms. The second-order valence-corrected chi connectivity index (χ2v) is 4.49. The van der Waals surface area contributed by atoms with Gasteiger partial charge in [-0.1, -0.05) is 26.0 Å². The monoisotopic (exact) mass is 238 g/mol. The molecule has 94 valence electrons. The van der Waals surface area contributed by atoms with Crippen molar-refractivity contribution in [2.45, 2.75) is 33.4 Å². The number of amides is 2. The second kappa shape index (κ2) is 6.23. The first-order valence-electron chi connectivity index (χ1n) is 5.78. The van der Waals surface area contributed by atoms with Crippen molar-refractivity contribution in [1.29, 1.82) is 0 Å². The molecule has 0 spiro atoms. The quantitative estimate of drug-likeness (QED) is 0.832. The fraction of sp³-hybridized carbons (Fsp3) is 0.462. The van der Waals surface area contributed by atoms with E-state index >= 15 is 0 Å². The summed E-state index contributed by atoms with van der Waals surface area (Å²) in [6.45, 7) is 6.45. The summed E-state index contributed by atoms with van der Waals surface area (Å²) in [4.78, 5) is 11.5. The number of carbonyl (C=O) groups excluding carboxylic acids is 1. The zero-order valence-electron chi connectivity index (χ0n) is 10.5. The molecule has 2 N–H and O–H groups in total. The van der Waals surface area contributed by atoms with Crippen LogP contribution < -0.4 is 10.6 Å². The van der Waals surface area contributed by atoms with Crippen molar-refractivity contribution in [2.24, 2.45) is 5.92 Å². The van der Waals surface area contributed by atoms with Crippen LogP contribution in [0.4, 0.5) is 9.18 Å². The number of benzene rings is 1. The van der Waals surface area contributed by atoms with Gasteiger partial charge in [-0.3, -0.25) is 0 Å². The van der Waals surface area contributed by atoms with Crippen LogP contribution in [0.3, 0.4) is 0 Å². The molecular weight excluding hydrogens is 219 g/mol. The molecule has 1 aromatic rings. The molecule has 3 nitrogen and oxygen atoms in total. The largest absolute Gasteiger partial charge is 0.335 e. The van der Waals surface area contributed by atoms with E-state index in [9.17, 15) is 9.18 Å². The molecule has 0 aliphatic carbocycles. The highest BCUT2D eigenvalue weighted by Gasteiger charge is 2.09. The molecule has 1 aromatic carbocycles. The van der Waals surface area contributed by atoms with E-state index in [-0.39, 0.29) is 17.9 Å². The summed E-state index contributed by atoms with van der Waals surface area (Å²) in [7, 11) is 0. The molecule has 0 bridgehead atoms. The van der Waals surface area contributed by atoms with Crippen molar-refractivity contribution in [2.75, 3.05) is 0 Å². The number of hydrogen-bond donors (Lipinski definition) is 2. The number of nitrogens with one attached hydrogen (secondary N) is 2. The Morgan fingerprint density at radius 3 is 2.35 bits per heavy atom. The Bertz CT molecular complexity index is 362. The second-order valence-electron chi connectivity index (χ2n) is 4.49. The van der Waals surface area contributed by atoms with Gasteiger partial charge in [0, 0.05) is 12.6 Å². The Balaban J connectivity index is 2.35. The van der Waals surface area contributed by atoms with Gasteiger partial charge in [0.2, 0.25) is 0 Å². The van der Waals surface area contributed by atoms with Gasteiger partial charge >= 0.3 is 6.03 Å². The molecule has 2 amide bonds. The van der Waals surface area contributed by atoms with E-state index in [4.69, 9.17) is 0 Å². The lowest BCUT2D eigenvalue weighted by molar-refractivity contribution is 0.234. The van der Waals surface area contributed by atoms with E-state index in [0.717, 1.165) is 5.56 Å². The predicted molar refractivity (Wildman–Crippen MR) is 66.1 cm³/mol. The highest BCUT2D eigenvalue weighted by molar-refractivity contribution is 5.74. The number of carbonyl (C=O) groups is 1. The zero-order chi connectivity index (χ0) is 12.8. The van der Waals surface area contributed by atoms with Crippen LogP contribution in [-0.4, -0.2) is 12.1 Å². The SMILES string of the molecule is CC(C)C(C)NC(=O)NCc1ccc(F)cc1. The highest BCUT2D eigenvalue weighted by atomic mass is 19.1. The van der Waals surface area contributed by atoms with E-state index in [1.165, 1.54) is 12.1 Å². The number of hydrogen-bond acceptors (Lipinski definition) is 1. The number of rotatable bonds is 4. The van der Waals surface area contributed by atoms with Crippen LogP contribution in [0.15, 0.2) is 24.3 Å². The summed E-state index contributed by atoms with van der Waals surface area (Å²) >= 11 is 0. The summed E-state index contributed by atoms with van der Waals surface area (Å²) < 4.78 is 12.6. The van der Waals surface area contributed by atoms with Gasteiger partial charge in [0.1, 0.15) is 5.82 Å². The van der Waals surface area contributed by atoms with Crippen molar-refractivity contribution in [3.63, 3.8) is 0 Å². The minimum atomic E-state index is -0.272. The molecule has 0 heterocycles. The molecule has 0 radical (unpaired) electrons. The van der Waals surface area contributed by atoms with Gasteiger partial charge in [0.25, 0.3) is 0 Å². The van der Waals surface area contributed by atoms with Crippen LogP contribution in [0.5, 0.6) is 0 Å². The summed E-state index contributed by atoms with van der Waals surface area (Å²) in [6, 6.07) is 6.00. The molecular formula is C13H19FN2O. The molecule has 1 unspecified atom stereocenters. The smallest absolute Gasteiger partial charge is 0.315 e. The molecule has 0 saturated carbocycles. The Hall–Kier alpha value is -1.58. The Morgan fingerprint density at radius 1 is 1.24 bits per heavy atom. The highest BCUT2D eigenvalue weighted by Crippen LogP contribution is 2.02.